The summed E-state index contributed by atoms with van der Waals surface area (Å²) in [5.41, 5.74) is 4.30. The Kier molecular flexibility index (Phi) is 6.58. The highest BCUT2D eigenvalue weighted by atomic mass is 16.3. The van der Waals surface area contributed by atoms with Gasteiger partial charge in [0.1, 0.15) is 12.0 Å². The number of hydrogen-bond acceptors (Lipinski definition) is 5. The van der Waals surface area contributed by atoms with Gasteiger partial charge in [0.15, 0.2) is 0 Å². The lowest BCUT2D eigenvalue weighted by atomic mass is 9.50. The monoisotopic (exact) mass is 489 g/mol. The summed E-state index contributed by atoms with van der Waals surface area (Å²) in [6.07, 6.45) is 13.8. The van der Waals surface area contributed by atoms with Crippen molar-refractivity contribution in [2.45, 2.75) is 56.5 Å². The molecule has 1 aliphatic heterocycles. The van der Waals surface area contributed by atoms with Gasteiger partial charge in [0.2, 0.25) is 0 Å². The topological polar surface area (TPSA) is 64.1 Å². The Morgan fingerprint density at radius 3 is 2.72 bits per heavy atom. The highest BCUT2D eigenvalue weighted by molar-refractivity contribution is 5.99. The first-order chi connectivity index (χ1) is 17.3. The first-order valence-corrected chi connectivity index (χ1v) is 13.3. The number of rotatable bonds is 8. The van der Waals surface area contributed by atoms with Gasteiger partial charge < -0.3 is 14.9 Å². The molecule has 4 aliphatic rings. The normalized spacial score (nSPS) is 28.3. The number of amides is 1. The Morgan fingerprint density at radius 2 is 2.03 bits per heavy atom. The van der Waals surface area contributed by atoms with Crippen molar-refractivity contribution in [2.75, 3.05) is 34.2 Å². The zero-order valence-electron chi connectivity index (χ0n) is 22.0. The average molecular weight is 490 g/mol. The van der Waals surface area contributed by atoms with E-state index < -0.39 is 0 Å². The lowest BCUT2D eigenvalue weighted by Crippen LogP contribution is -2.62. The van der Waals surface area contributed by atoms with Crippen molar-refractivity contribution >= 4 is 12.2 Å². The van der Waals surface area contributed by atoms with E-state index in [1.165, 1.54) is 42.2 Å². The van der Waals surface area contributed by atoms with E-state index >= 15 is 0 Å². The molecule has 1 aromatic rings. The number of fused-ring (bicyclic) bond motifs is 1. The summed E-state index contributed by atoms with van der Waals surface area (Å²) in [7, 11) is 5.62. The molecule has 1 heterocycles. The molecular weight excluding hydrogens is 450 g/mol. The van der Waals surface area contributed by atoms with Crippen LogP contribution in [0.15, 0.2) is 53.8 Å². The number of aryl methyl sites for hydroxylation is 1. The highest BCUT2D eigenvalue weighted by Crippen LogP contribution is 2.60. The maximum Gasteiger partial charge on any atom is 0.254 e. The summed E-state index contributed by atoms with van der Waals surface area (Å²) < 4.78 is 0. The maximum absolute atomic E-state index is 13.5. The Labute approximate surface area is 214 Å². The lowest BCUT2D eigenvalue weighted by Gasteiger charge is -2.59. The highest BCUT2D eigenvalue weighted by Gasteiger charge is 2.59. The van der Waals surface area contributed by atoms with Gasteiger partial charge in [-0.3, -0.25) is 14.5 Å². The van der Waals surface area contributed by atoms with Crippen LogP contribution in [0.3, 0.4) is 0 Å². The second-order valence-electron chi connectivity index (χ2n) is 11.4. The minimum atomic E-state index is -0.155. The molecule has 4 atom stereocenters. The van der Waals surface area contributed by atoms with Crippen molar-refractivity contribution in [1.82, 2.24) is 14.7 Å². The summed E-state index contributed by atoms with van der Waals surface area (Å²) in [4.78, 5) is 31.1. The van der Waals surface area contributed by atoms with Crippen molar-refractivity contribution in [3.8, 4) is 5.75 Å². The van der Waals surface area contributed by atoms with Gasteiger partial charge in [0.25, 0.3) is 5.91 Å². The molecule has 6 heteroatoms. The molecule has 3 aliphatic carbocycles. The van der Waals surface area contributed by atoms with Crippen LogP contribution in [-0.4, -0.2) is 78.3 Å². The molecule has 2 bridgehead atoms. The fourth-order valence-electron chi connectivity index (χ4n) is 6.80. The molecule has 1 aromatic carbocycles. The van der Waals surface area contributed by atoms with Gasteiger partial charge in [-0.05, 0) is 98.7 Å². The summed E-state index contributed by atoms with van der Waals surface area (Å²) in [5, 5.41) is 10.5. The van der Waals surface area contributed by atoms with Crippen LogP contribution < -0.4 is 0 Å². The Balaban J connectivity index is 1.49. The van der Waals surface area contributed by atoms with Crippen molar-refractivity contribution in [1.29, 1.82) is 0 Å². The SMILES string of the molecule is CC(C1C=C2C3CCc4ccc(O)cc4C21CCN3CC1CC1)N(C)C(=O)C(/C=C\N(C)C)=C/C=O. The van der Waals surface area contributed by atoms with Crippen LogP contribution in [0.25, 0.3) is 0 Å². The third-order valence-electron chi connectivity index (χ3n) is 8.98. The molecule has 0 aromatic heterocycles. The summed E-state index contributed by atoms with van der Waals surface area (Å²) in [5.74, 6) is 1.16. The predicted molar refractivity (Wildman–Crippen MR) is 142 cm³/mol. The van der Waals surface area contributed by atoms with E-state index in [4.69, 9.17) is 0 Å². The number of piperidine rings is 1. The zero-order valence-corrected chi connectivity index (χ0v) is 22.0. The Hall–Kier alpha value is -2.86. The number of carbonyl (C=O) groups is 2. The first kappa shape index (κ1) is 24.8. The van der Waals surface area contributed by atoms with Crippen molar-refractivity contribution in [3.05, 3.63) is 64.9 Å². The minimum Gasteiger partial charge on any atom is -0.508 e. The lowest BCUT2D eigenvalue weighted by molar-refractivity contribution is -0.128. The number of likely N-dealkylation sites (N-methyl/N-ethyl adjacent to an activating group) is 1. The van der Waals surface area contributed by atoms with Gasteiger partial charge in [-0.25, -0.2) is 0 Å². The van der Waals surface area contributed by atoms with Crippen LogP contribution in [0.1, 0.15) is 43.7 Å². The van der Waals surface area contributed by atoms with Gasteiger partial charge in [0, 0.05) is 56.7 Å². The molecule has 1 amide bonds. The number of benzene rings is 1. The molecule has 0 spiro atoms. The van der Waals surface area contributed by atoms with Crippen LogP contribution >= 0.6 is 0 Å². The van der Waals surface area contributed by atoms with Crippen molar-refractivity contribution in [3.63, 3.8) is 0 Å². The minimum absolute atomic E-state index is 0.0620. The largest absolute Gasteiger partial charge is 0.508 e. The zero-order chi connectivity index (χ0) is 25.6. The number of hydrogen-bond donors (Lipinski definition) is 1. The first-order valence-electron chi connectivity index (χ1n) is 13.3. The van der Waals surface area contributed by atoms with E-state index in [9.17, 15) is 14.7 Å². The van der Waals surface area contributed by atoms with Crippen molar-refractivity contribution in [2.24, 2.45) is 11.8 Å². The Bertz CT molecular complexity index is 1130. The molecule has 6 nitrogen and oxygen atoms in total. The van der Waals surface area contributed by atoms with Crippen LogP contribution in [0, 0.1) is 11.8 Å². The van der Waals surface area contributed by atoms with E-state index in [0.29, 0.717) is 23.7 Å². The number of likely N-dealkylation sites (tertiary alicyclic amines) is 1. The van der Waals surface area contributed by atoms with Crippen LogP contribution in [0.2, 0.25) is 0 Å². The van der Waals surface area contributed by atoms with E-state index in [-0.39, 0.29) is 23.3 Å². The Morgan fingerprint density at radius 1 is 1.25 bits per heavy atom. The molecule has 192 valence electrons. The third-order valence-corrected chi connectivity index (χ3v) is 8.98. The van der Waals surface area contributed by atoms with Gasteiger partial charge in [0.05, 0.1) is 0 Å². The second-order valence-corrected chi connectivity index (χ2v) is 11.4. The number of nitrogens with zero attached hydrogens (tertiary/aromatic N) is 3. The smallest absolute Gasteiger partial charge is 0.254 e. The van der Waals surface area contributed by atoms with E-state index in [1.54, 1.807) is 17.2 Å². The van der Waals surface area contributed by atoms with Crippen LogP contribution in [0.5, 0.6) is 5.75 Å². The molecule has 4 unspecified atom stereocenters. The predicted octanol–water partition coefficient (Wildman–Crippen LogP) is 3.66. The van der Waals surface area contributed by atoms with E-state index in [1.807, 2.05) is 38.2 Å². The fourth-order valence-corrected chi connectivity index (χ4v) is 6.80. The molecular formula is C30H39N3O3. The second kappa shape index (κ2) is 9.55. The molecule has 36 heavy (non-hydrogen) atoms. The van der Waals surface area contributed by atoms with Crippen molar-refractivity contribution < 1.29 is 14.7 Å². The molecule has 0 radical (unpaired) electrons. The molecule has 1 N–H and O–H groups in total. The molecule has 1 saturated carbocycles. The van der Waals surface area contributed by atoms with Gasteiger partial charge >= 0.3 is 0 Å². The summed E-state index contributed by atoms with van der Waals surface area (Å²) >= 11 is 0. The number of phenols is 1. The van der Waals surface area contributed by atoms with Gasteiger partial charge in [-0.2, -0.15) is 0 Å². The van der Waals surface area contributed by atoms with Crippen LogP contribution in [0.4, 0.5) is 0 Å². The summed E-state index contributed by atoms with van der Waals surface area (Å²) in [6, 6.07) is 6.28. The van der Waals surface area contributed by atoms with Gasteiger partial charge in [-0.15, -0.1) is 0 Å². The maximum atomic E-state index is 13.5. The number of allylic oxidation sites excluding steroid dienone is 1. The standard InChI is InChI=1S/C30H39N3O3/c1-20(32(4)29(36)23(12-16-34)11-14-31(2)3)25-18-27-28-10-8-22-7-9-24(35)17-26(22)30(25,27)13-15-33(28)19-21-5-6-21/h7,9,11-12,14,16-18,20-21,25,28,35H,5-6,8,10,13,15,19H2,1-4H3/b14-11-,23-12+. The quantitative estimate of drug-likeness (QED) is 0.261. The fraction of sp³-hybridized carbons (Fsp3) is 0.533. The van der Waals surface area contributed by atoms with Gasteiger partial charge in [-0.1, -0.05) is 12.1 Å². The molecule has 2 fully saturated rings. The van der Waals surface area contributed by atoms with Crippen LogP contribution in [-0.2, 0) is 21.4 Å². The molecule has 1 saturated heterocycles. The average Bonchev–Trinajstić information content (AvgIpc) is 3.66. The molecule has 5 rings (SSSR count). The number of carbonyl (C=O) groups excluding carboxylic acids is 2. The third kappa shape index (κ3) is 4.19. The number of phenolic OH excluding ortho intramolecular Hbond substituents is 1. The summed E-state index contributed by atoms with van der Waals surface area (Å²) in [6.45, 7) is 4.37. The number of aromatic hydroxyl groups is 1. The number of aldehydes is 1. The van der Waals surface area contributed by atoms with E-state index in [0.717, 1.165) is 31.7 Å². The van der Waals surface area contributed by atoms with E-state index in [2.05, 4.69) is 24.0 Å².